The van der Waals surface area contributed by atoms with Crippen molar-refractivity contribution in [3.05, 3.63) is 53.0 Å². The number of nitrogens with zero attached hydrogens (tertiary/aromatic N) is 2. The normalized spacial score (nSPS) is 15.1. The summed E-state index contributed by atoms with van der Waals surface area (Å²) in [6, 6.07) is 13.6. The van der Waals surface area contributed by atoms with Gasteiger partial charge in [0.2, 0.25) is 0 Å². The van der Waals surface area contributed by atoms with Crippen LogP contribution in [-0.4, -0.2) is 43.1 Å². The first kappa shape index (κ1) is 17.8. The number of para-hydroxylation sites is 1. The number of carbonyl (C=O) groups excluding carboxylic acids is 1. The highest BCUT2D eigenvalue weighted by Gasteiger charge is 2.28. The lowest BCUT2D eigenvalue weighted by Gasteiger charge is -2.31. The number of thiazole rings is 1. The minimum absolute atomic E-state index is 0.00602. The molecule has 5 nitrogen and oxygen atoms in total. The van der Waals surface area contributed by atoms with E-state index in [1.807, 2.05) is 17.0 Å². The van der Waals surface area contributed by atoms with E-state index in [0.717, 1.165) is 31.4 Å². The van der Waals surface area contributed by atoms with E-state index in [1.165, 1.54) is 9.71 Å². The van der Waals surface area contributed by atoms with Crippen LogP contribution < -0.4 is 9.47 Å². The third-order valence-electron chi connectivity index (χ3n) is 5.08. The van der Waals surface area contributed by atoms with E-state index in [4.69, 9.17) is 14.5 Å². The molecule has 0 spiro atoms. The highest BCUT2D eigenvalue weighted by Crippen LogP contribution is 2.35. The van der Waals surface area contributed by atoms with Gasteiger partial charge in [-0.3, -0.25) is 4.79 Å². The van der Waals surface area contributed by atoms with Gasteiger partial charge in [-0.1, -0.05) is 12.1 Å². The van der Waals surface area contributed by atoms with Crippen molar-refractivity contribution in [2.45, 2.75) is 18.8 Å². The number of benzene rings is 2. The summed E-state index contributed by atoms with van der Waals surface area (Å²) in [6.45, 7) is 1.44. The number of carbonyl (C=O) groups is 1. The van der Waals surface area contributed by atoms with Gasteiger partial charge in [0.15, 0.2) is 0 Å². The number of hydrogen-bond donors (Lipinski definition) is 0. The maximum Gasteiger partial charge on any atom is 0.257 e. The van der Waals surface area contributed by atoms with E-state index in [9.17, 15) is 4.79 Å². The predicted octanol–water partition coefficient (Wildman–Crippen LogP) is 4.33. The third kappa shape index (κ3) is 3.49. The first-order valence-electron chi connectivity index (χ1n) is 9.06. The van der Waals surface area contributed by atoms with Crippen molar-refractivity contribution in [3.8, 4) is 11.5 Å². The van der Waals surface area contributed by atoms with Crippen molar-refractivity contribution in [3.63, 3.8) is 0 Å². The molecular formula is C21H22N2O3S. The zero-order chi connectivity index (χ0) is 18.8. The average Bonchev–Trinajstić information content (AvgIpc) is 3.17. The molecule has 6 heteroatoms. The molecule has 1 aliphatic rings. The quantitative estimate of drug-likeness (QED) is 0.674. The second kappa shape index (κ2) is 7.56. The van der Waals surface area contributed by atoms with E-state index < -0.39 is 0 Å². The molecule has 0 radical (unpaired) electrons. The molecule has 140 valence electrons. The van der Waals surface area contributed by atoms with Crippen molar-refractivity contribution in [2.24, 2.45) is 0 Å². The van der Waals surface area contributed by atoms with Gasteiger partial charge >= 0.3 is 0 Å². The van der Waals surface area contributed by atoms with Crippen LogP contribution in [0.3, 0.4) is 0 Å². The van der Waals surface area contributed by atoms with E-state index in [1.54, 1.807) is 43.8 Å². The summed E-state index contributed by atoms with van der Waals surface area (Å²) in [5.41, 5.74) is 1.62. The van der Waals surface area contributed by atoms with Crippen LogP contribution in [0.15, 0.2) is 42.5 Å². The van der Waals surface area contributed by atoms with E-state index in [2.05, 4.69) is 12.1 Å². The number of fused-ring (bicyclic) bond motifs is 1. The summed E-state index contributed by atoms with van der Waals surface area (Å²) in [4.78, 5) is 19.7. The minimum atomic E-state index is -0.00602. The molecule has 0 N–H and O–H groups in total. The molecule has 0 bridgehead atoms. The SMILES string of the molecule is COc1ccc(OC)c(C(=O)N2CCC(c3nc4ccccc4s3)CC2)c1. The Morgan fingerprint density at radius 3 is 2.59 bits per heavy atom. The molecule has 1 amide bonds. The summed E-state index contributed by atoms with van der Waals surface area (Å²) >= 11 is 1.77. The maximum absolute atomic E-state index is 13.0. The highest BCUT2D eigenvalue weighted by atomic mass is 32.1. The molecule has 2 aromatic carbocycles. The lowest BCUT2D eigenvalue weighted by atomic mass is 9.97. The lowest BCUT2D eigenvalue weighted by molar-refractivity contribution is 0.0709. The van der Waals surface area contributed by atoms with Gasteiger partial charge in [-0.25, -0.2) is 4.98 Å². The Bertz CT molecular complexity index is 928. The van der Waals surface area contributed by atoms with E-state index in [-0.39, 0.29) is 5.91 Å². The molecule has 0 saturated carbocycles. The van der Waals surface area contributed by atoms with Crippen molar-refractivity contribution < 1.29 is 14.3 Å². The monoisotopic (exact) mass is 382 g/mol. The number of piperidine rings is 1. The van der Waals surface area contributed by atoms with Gasteiger partial charge in [0.05, 0.1) is 35.0 Å². The Labute approximate surface area is 162 Å². The summed E-state index contributed by atoms with van der Waals surface area (Å²) < 4.78 is 11.9. The third-order valence-corrected chi connectivity index (χ3v) is 6.28. The Kier molecular flexibility index (Phi) is 4.99. The molecular weight excluding hydrogens is 360 g/mol. The molecule has 1 aliphatic heterocycles. The molecule has 1 saturated heterocycles. The van der Waals surface area contributed by atoms with Gasteiger partial charge < -0.3 is 14.4 Å². The molecule has 4 rings (SSSR count). The number of likely N-dealkylation sites (tertiary alicyclic amines) is 1. The van der Waals surface area contributed by atoms with Gasteiger partial charge in [-0.2, -0.15) is 0 Å². The van der Waals surface area contributed by atoms with Gasteiger partial charge in [-0.05, 0) is 43.2 Å². The smallest absolute Gasteiger partial charge is 0.257 e. The zero-order valence-electron chi connectivity index (χ0n) is 15.5. The summed E-state index contributed by atoms with van der Waals surface area (Å²) in [5.74, 6) is 1.64. The van der Waals surface area contributed by atoms with Crippen LogP contribution in [0.4, 0.5) is 0 Å². The van der Waals surface area contributed by atoms with Crippen LogP contribution in [0.2, 0.25) is 0 Å². The summed E-state index contributed by atoms with van der Waals surface area (Å²) in [5, 5.41) is 1.18. The summed E-state index contributed by atoms with van der Waals surface area (Å²) in [7, 11) is 3.18. The lowest BCUT2D eigenvalue weighted by Crippen LogP contribution is -2.38. The molecule has 2 heterocycles. The molecule has 1 aromatic heterocycles. The van der Waals surface area contributed by atoms with Crippen LogP contribution in [0.5, 0.6) is 11.5 Å². The Hall–Kier alpha value is -2.60. The Morgan fingerprint density at radius 2 is 1.89 bits per heavy atom. The van der Waals surface area contributed by atoms with Crippen molar-refractivity contribution in [1.82, 2.24) is 9.88 Å². The molecule has 0 aliphatic carbocycles. The number of aromatic nitrogens is 1. The summed E-state index contributed by atoms with van der Waals surface area (Å²) in [6.07, 6.45) is 1.86. The van der Waals surface area contributed by atoms with Crippen LogP contribution in [0.25, 0.3) is 10.2 Å². The molecule has 0 unspecified atom stereocenters. The standard InChI is InChI=1S/C21H22N2O3S/c1-25-15-7-8-18(26-2)16(13-15)21(24)23-11-9-14(10-12-23)20-22-17-5-3-4-6-19(17)27-20/h3-8,13-14H,9-12H2,1-2H3. The fraction of sp³-hybridized carbons (Fsp3) is 0.333. The van der Waals surface area contributed by atoms with Crippen LogP contribution in [0, 0.1) is 0 Å². The molecule has 3 aromatic rings. The first-order chi connectivity index (χ1) is 13.2. The molecule has 1 fully saturated rings. The van der Waals surface area contributed by atoms with Crippen LogP contribution in [0.1, 0.15) is 34.1 Å². The molecule has 27 heavy (non-hydrogen) atoms. The van der Waals surface area contributed by atoms with Gasteiger partial charge in [0, 0.05) is 19.0 Å². The minimum Gasteiger partial charge on any atom is -0.497 e. The second-order valence-corrected chi connectivity index (χ2v) is 7.71. The number of amides is 1. The topological polar surface area (TPSA) is 51.7 Å². The van der Waals surface area contributed by atoms with Crippen molar-refractivity contribution >= 4 is 27.5 Å². The number of rotatable bonds is 4. The fourth-order valence-corrected chi connectivity index (χ4v) is 4.68. The second-order valence-electron chi connectivity index (χ2n) is 6.65. The number of hydrogen-bond acceptors (Lipinski definition) is 5. The number of ether oxygens (including phenoxy) is 2. The maximum atomic E-state index is 13.0. The number of methoxy groups -OCH3 is 2. The highest BCUT2D eigenvalue weighted by molar-refractivity contribution is 7.18. The van der Waals surface area contributed by atoms with Gasteiger partial charge in [0.1, 0.15) is 11.5 Å². The first-order valence-corrected chi connectivity index (χ1v) is 9.88. The largest absolute Gasteiger partial charge is 0.497 e. The predicted molar refractivity (Wildman–Crippen MR) is 107 cm³/mol. The van der Waals surface area contributed by atoms with Gasteiger partial charge in [0.25, 0.3) is 5.91 Å². The fourth-order valence-electron chi connectivity index (χ4n) is 3.55. The Balaban J connectivity index is 1.48. The van der Waals surface area contributed by atoms with Crippen molar-refractivity contribution in [2.75, 3.05) is 27.3 Å². The van der Waals surface area contributed by atoms with Crippen LogP contribution >= 0.6 is 11.3 Å². The Morgan fingerprint density at radius 1 is 1.11 bits per heavy atom. The van der Waals surface area contributed by atoms with E-state index >= 15 is 0 Å². The van der Waals surface area contributed by atoms with Crippen LogP contribution in [-0.2, 0) is 0 Å². The molecule has 0 atom stereocenters. The van der Waals surface area contributed by atoms with Gasteiger partial charge in [-0.15, -0.1) is 11.3 Å². The zero-order valence-corrected chi connectivity index (χ0v) is 16.3. The average molecular weight is 382 g/mol. The van der Waals surface area contributed by atoms with E-state index in [0.29, 0.717) is 23.0 Å². The van der Waals surface area contributed by atoms with Crippen molar-refractivity contribution in [1.29, 1.82) is 0 Å².